The predicted molar refractivity (Wildman–Crippen MR) is 52.6 cm³/mol. The summed E-state index contributed by atoms with van der Waals surface area (Å²) in [4.78, 5) is 4.24. The number of pyridine rings is 1. The van der Waals surface area contributed by atoms with Gasteiger partial charge >= 0.3 is 0 Å². The highest BCUT2D eigenvalue weighted by atomic mass is 19.1. The maximum atomic E-state index is 13.5. The van der Waals surface area contributed by atoms with Gasteiger partial charge in [0.2, 0.25) is 0 Å². The van der Waals surface area contributed by atoms with Crippen LogP contribution in [0.2, 0.25) is 0 Å². The Morgan fingerprint density at radius 2 is 2.07 bits per heavy atom. The molecule has 74 valence electrons. The van der Waals surface area contributed by atoms with Crippen LogP contribution in [0.25, 0.3) is 11.0 Å². The molecule has 0 fully saturated rings. The van der Waals surface area contributed by atoms with Crippen molar-refractivity contribution in [3.8, 4) is 0 Å². The zero-order valence-electron chi connectivity index (χ0n) is 8.45. The van der Waals surface area contributed by atoms with Gasteiger partial charge in [0, 0.05) is 13.1 Å². The minimum atomic E-state index is -0.272. The molecule has 0 unspecified atom stereocenters. The van der Waals surface area contributed by atoms with Crippen molar-refractivity contribution in [2.75, 3.05) is 0 Å². The van der Waals surface area contributed by atoms with Crippen LogP contribution in [0.5, 0.6) is 0 Å². The van der Waals surface area contributed by atoms with Gasteiger partial charge in [-0.25, -0.2) is 9.37 Å². The van der Waals surface area contributed by atoms with Crippen molar-refractivity contribution in [3.05, 3.63) is 23.8 Å². The highest BCUT2D eigenvalue weighted by Gasteiger charge is 2.11. The summed E-state index contributed by atoms with van der Waals surface area (Å²) in [5.41, 5.74) is 1.86. The van der Waals surface area contributed by atoms with E-state index in [0.717, 1.165) is 5.52 Å². The number of aryl methyl sites for hydroxylation is 1. The van der Waals surface area contributed by atoms with Crippen molar-refractivity contribution < 1.29 is 4.39 Å². The number of rotatable bonds is 1. The second-order valence-corrected chi connectivity index (χ2v) is 3.72. The van der Waals surface area contributed by atoms with Crippen LogP contribution in [-0.2, 0) is 7.05 Å². The second-order valence-electron chi connectivity index (χ2n) is 3.72. The van der Waals surface area contributed by atoms with E-state index in [-0.39, 0.29) is 11.7 Å². The van der Waals surface area contributed by atoms with E-state index in [4.69, 9.17) is 0 Å². The van der Waals surface area contributed by atoms with E-state index in [1.54, 1.807) is 17.9 Å². The Kier molecular flexibility index (Phi) is 1.98. The van der Waals surface area contributed by atoms with Crippen molar-refractivity contribution in [2.45, 2.75) is 19.8 Å². The van der Waals surface area contributed by atoms with Crippen LogP contribution in [0, 0.1) is 5.82 Å². The summed E-state index contributed by atoms with van der Waals surface area (Å²) < 4.78 is 15.1. The van der Waals surface area contributed by atoms with E-state index in [1.807, 2.05) is 13.8 Å². The molecule has 0 N–H and O–H groups in total. The largest absolute Gasteiger partial charge is 0.273 e. The Balaban J connectivity index is 2.70. The van der Waals surface area contributed by atoms with Gasteiger partial charge in [0.05, 0.1) is 11.9 Å². The van der Waals surface area contributed by atoms with Crippen LogP contribution in [0.1, 0.15) is 25.5 Å². The topological polar surface area (TPSA) is 30.7 Å². The minimum absolute atomic E-state index is 0.0969. The van der Waals surface area contributed by atoms with E-state index >= 15 is 0 Å². The number of aromatic nitrogens is 3. The molecular weight excluding hydrogens is 181 g/mol. The summed E-state index contributed by atoms with van der Waals surface area (Å²) in [6, 6.07) is 1.44. The van der Waals surface area contributed by atoms with Gasteiger partial charge in [0.25, 0.3) is 0 Å². The monoisotopic (exact) mass is 193 g/mol. The van der Waals surface area contributed by atoms with Crippen LogP contribution in [0.15, 0.2) is 12.3 Å². The van der Waals surface area contributed by atoms with Crippen LogP contribution in [0.4, 0.5) is 4.39 Å². The third-order valence-corrected chi connectivity index (χ3v) is 2.13. The number of hydrogen-bond acceptors (Lipinski definition) is 2. The first kappa shape index (κ1) is 9.12. The first-order valence-electron chi connectivity index (χ1n) is 4.57. The molecule has 2 rings (SSSR count). The molecule has 0 radical (unpaired) electrons. The minimum Gasteiger partial charge on any atom is -0.273 e. The van der Waals surface area contributed by atoms with Gasteiger partial charge in [-0.05, 0) is 5.92 Å². The molecule has 0 amide bonds. The molecule has 0 saturated carbocycles. The lowest BCUT2D eigenvalue weighted by atomic mass is 10.1. The molecule has 4 heteroatoms. The van der Waals surface area contributed by atoms with Gasteiger partial charge in [-0.1, -0.05) is 13.8 Å². The fraction of sp³-hybridized carbons (Fsp3) is 0.400. The Labute approximate surface area is 81.6 Å². The fourth-order valence-corrected chi connectivity index (χ4v) is 1.46. The SMILES string of the molecule is CC(C)c1nc2cn(C)nc2cc1F. The molecular formula is C10H12FN3. The first-order valence-corrected chi connectivity index (χ1v) is 4.57. The smallest absolute Gasteiger partial charge is 0.147 e. The Bertz CT molecular complexity index is 473. The molecule has 14 heavy (non-hydrogen) atoms. The predicted octanol–water partition coefficient (Wildman–Crippen LogP) is 2.23. The molecule has 0 spiro atoms. The van der Waals surface area contributed by atoms with Crippen LogP contribution < -0.4 is 0 Å². The summed E-state index contributed by atoms with van der Waals surface area (Å²) in [5.74, 6) is -0.175. The molecule has 0 aliphatic rings. The lowest BCUT2D eigenvalue weighted by Gasteiger charge is -2.04. The van der Waals surface area contributed by atoms with Crippen molar-refractivity contribution in [1.29, 1.82) is 0 Å². The molecule has 0 aromatic carbocycles. The maximum Gasteiger partial charge on any atom is 0.147 e. The van der Waals surface area contributed by atoms with E-state index in [2.05, 4.69) is 10.1 Å². The van der Waals surface area contributed by atoms with Gasteiger partial charge in [-0.3, -0.25) is 4.68 Å². The number of halogens is 1. The van der Waals surface area contributed by atoms with E-state index in [9.17, 15) is 4.39 Å². The van der Waals surface area contributed by atoms with E-state index < -0.39 is 0 Å². The Hall–Kier alpha value is -1.45. The molecule has 0 atom stereocenters. The number of hydrogen-bond donors (Lipinski definition) is 0. The number of nitrogens with zero attached hydrogens (tertiary/aromatic N) is 3. The summed E-state index contributed by atoms with van der Waals surface area (Å²) in [6.45, 7) is 3.85. The van der Waals surface area contributed by atoms with Gasteiger partial charge in [-0.15, -0.1) is 0 Å². The third kappa shape index (κ3) is 1.36. The quantitative estimate of drug-likeness (QED) is 0.695. The fourth-order valence-electron chi connectivity index (χ4n) is 1.46. The Morgan fingerprint density at radius 1 is 1.36 bits per heavy atom. The molecule has 2 aromatic rings. The molecule has 0 aliphatic heterocycles. The first-order chi connectivity index (χ1) is 6.58. The average Bonchev–Trinajstić information content (AvgIpc) is 2.42. The summed E-state index contributed by atoms with van der Waals surface area (Å²) in [6.07, 6.45) is 1.79. The van der Waals surface area contributed by atoms with Gasteiger partial charge in [0.15, 0.2) is 0 Å². The zero-order valence-corrected chi connectivity index (χ0v) is 8.45. The lowest BCUT2D eigenvalue weighted by molar-refractivity contribution is 0.588. The molecule has 3 nitrogen and oxygen atoms in total. The molecule has 2 aromatic heterocycles. The van der Waals surface area contributed by atoms with Gasteiger partial charge < -0.3 is 0 Å². The normalized spacial score (nSPS) is 11.5. The van der Waals surface area contributed by atoms with Gasteiger partial charge in [0.1, 0.15) is 16.9 Å². The lowest BCUT2D eigenvalue weighted by Crippen LogP contribution is -1.97. The number of fused-ring (bicyclic) bond motifs is 1. The van der Waals surface area contributed by atoms with Crippen molar-refractivity contribution >= 4 is 11.0 Å². The van der Waals surface area contributed by atoms with Gasteiger partial charge in [-0.2, -0.15) is 5.10 Å². The zero-order chi connectivity index (χ0) is 10.3. The third-order valence-electron chi connectivity index (χ3n) is 2.13. The molecule has 0 bridgehead atoms. The average molecular weight is 193 g/mol. The molecule has 0 aliphatic carbocycles. The van der Waals surface area contributed by atoms with Crippen LogP contribution >= 0.6 is 0 Å². The van der Waals surface area contributed by atoms with Crippen LogP contribution in [0.3, 0.4) is 0 Å². The molecule has 2 heterocycles. The summed E-state index contributed by atoms with van der Waals surface area (Å²) >= 11 is 0. The summed E-state index contributed by atoms with van der Waals surface area (Å²) in [5, 5.41) is 4.09. The van der Waals surface area contributed by atoms with E-state index in [1.165, 1.54) is 6.07 Å². The summed E-state index contributed by atoms with van der Waals surface area (Å²) in [7, 11) is 1.80. The standard InChI is InChI=1S/C10H12FN3/c1-6(2)10-7(11)4-8-9(12-10)5-14(3)13-8/h4-6H,1-3H3. The van der Waals surface area contributed by atoms with E-state index in [0.29, 0.717) is 11.2 Å². The second kappa shape index (κ2) is 3.04. The highest BCUT2D eigenvalue weighted by molar-refractivity contribution is 5.73. The van der Waals surface area contributed by atoms with Crippen molar-refractivity contribution in [2.24, 2.45) is 7.05 Å². The van der Waals surface area contributed by atoms with Crippen molar-refractivity contribution in [3.63, 3.8) is 0 Å². The van der Waals surface area contributed by atoms with Crippen molar-refractivity contribution in [1.82, 2.24) is 14.8 Å². The highest BCUT2D eigenvalue weighted by Crippen LogP contribution is 2.20. The maximum absolute atomic E-state index is 13.5. The molecule has 0 saturated heterocycles. The Morgan fingerprint density at radius 3 is 2.71 bits per heavy atom. The van der Waals surface area contributed by atoms with Crippen LogP contribution in [-0.4, -0.2) is 14.8 Å².